The zero-order valence-electron chi connectivity index (χ0n) is 14.6. The van der Waals surface area contributed by atoms with Gasteiger partial charge in [0.1, 0.15) is 0 Å². The molecule has 0 saturated carbocycles. The predicted molar refractivity (Wildman–Crippen MR) is 101 cm³/mol. The van der Waals surface area contributed by atoms with E-state index in [1.165, 1.54) is 30.3 Å². The molecule has 2 aromatic rings. The molecule has 1 aliphatic rings. The number of sulfonamides is 1. The first-order chi connectivity index (χ1) is 13.2. The Morgan fingerprint density at radius 3 is 2.61 bits per heavy atom. The van der Waals surface area contributed by atoms with Gasteiger partial charge in [-0.25, -0.2) is 18.4 Å². The number of primary sulfonamides is 1. The van der Waals surface area contributed by atoms with Crippen LogP contribution in [0.4, 0.5) is 22.1 Å². The molecular formula is C16H18N6O5S. The number of amides is 2. The van der Waals surface area contributed by atoms with Crippen molar-refractivity contribution in [2.24, 2.45) is 5.14 Å². The summed E-state index contributed by atoms with van der Waals surface area (Å²) in [7, 11) is -3.79. The number of nitrogens with one attached hydrogen (secondary N) is 2. The van der Waals surface area contributed by atoms with Crippen molar-refractivity contribution in [1.82, 2.24) is 10.3 Å². The fourth-order valence-electron chi connectivity index (χ4n) is 2.86. The van der Waals surface area contributed by atoms with Crippen molar-refractivity contribution in [2.45, 2.75) is 17.4 Å². The molecule has 1 aromatic heterocycles. The average molecular weight is 406 g/mol. The number of rotatable bonds is 5. The minimum atomic E-state index is -3.79. The molecule has 1 saturated heterocycles. The number of nitro groups is 1. The van der Waals surface area contributed by atoms with E-state index in [9.17, 15) is 23.3 Å². The summed E-state index contributed by atoms with van der Waals surface area (Å²) in [4.78, 5) is 28.3. The lowest BCUT2D eigenvalue weighted by Crippen LogP contribution is -2.39. The molecule has 0 unspecified atom stereocenters. The van der Waals surface area contributed by atoms with Crippen LogP contribution in [0.2, 0.25) is 0 Å². The van der Waals surface area contributed by atoms with E-state index in [1.807, 2.05) is 4.90 Å². The predicted octanol–water partition coefficient (Wildman–Crippen LogP) is 1.04. The van der Waals surface area contributed by atoms with Crippen LogP contribution in [0.3, 0.4) is 0 Å². The lowest BCUT2D eigenvalue weighted by atomic mass is 10.3. The van der Waals surface area contributed by atoms with Crippen molar-refractivity contribution in [1.29, 1.82) is 0 Å². The maximum Gasteiger partial charge on any atom is 0.365 e. The van der Waals surface area contributed by atoms with Crippen molar-refractivity contribution in [3.63, 3.8) is 0 Å². The van der Waals surface area contributed by atoms with Crippen LogP contribution in [0.15, 0.2) is 47.4 Å². The second kappa shape index (κ2) is 7.78. The number of hydrogen-bond acceptors (Lipinski definition) is 7. The molecule has 2 amide bonds. The highest BCUT2D eigenvalue weighted by Crippen LogP contribution is 2.21. The molecule has 1 aromatic carbocycles. The maximum atomic E-state index is 12.1. The monoisotopic (exact) mass is 406 g/mol. The van der Waals surface area contributed by atoms with Crippen LogP contribution >= 0.6 is 0 Å². The highest BCUT2D eigenvalue weighted by molar-refractivity contribution is 7.89. The van der Waals surface area contributed by atoms with E-state index in [0.717, 1.165) is 0 Å². The van der Waals surface area contributed by atoms with Gasteiger partial charge in [0.05, 0.1) is 4.90 Å². The Labute approximate surface area is 160 Å². The van der Waals surface area contributed by atoms with Crippen molar-refractivity contribution < 1.29 is 18.1 Å². The highest BCUT2D eigenvalue weighted by Gasteiger charge is 2.27. The van der Waals surface area contributed by atoms with E-state index in [1.54, 1.807) is 12.1 Å². The fraction of sp³-hybridized carbons (Fsp3) is 0.250. The number of nitrogens with zero attached hydrogens (tertiary/aromatic N) is 3. The van der Waals surface area contributed by atoms with E-state index in [-0.39, 0.29) is 16.8 Å². The largest absolute Gasteiger partial charge is 0.365 e. The molecule has 12 heteroatoms. The van der Waals surface area contributed by atoms with Crippen molar-refractivity contribution in [3.05, 3.63) is 52.6 Å². The fourth-order valence-corrected chi connectivity index (χ4v) is 3.37. The summed E-state index contributed by atoms with van der Waals surface area (Å²) in [6.07, 6.45) is 0.655. The molecule has 1 fully saturated rings. The molecule has 1 aliphatic heterocycles. The van der Waals surface area contributed by atoms with Gasteiger partial charge in [-0.15, -0.1) is 0 Å². The van der Waals surface area contributed by atoms with Crippen LogP contribution in [-0.4, -0.2) is 43.5 Å². The van der Waals surface area contributed by atoms with Gasteiger partial charge in [0, 0.05) is 37.0 Å². The van der Waals surface area contributed by atoms with Gasteiger partial charge in [0.15, 0.2) is 0 Å². The number of pyridine rings is 1. The van der Waals surface area contributed by atoms with Gasteiger partial charge >= 0.3 is 11.8 Å². The quantitative estimate of drug-likeness (QED) is 0.494. The summed E-state index contributed by atoms with van der Waals surface area (Å²) in [6, 6.07) is 9.45. The van der Waals surface area contributed by atoms with Crippen molar-refractivity contribution in [3.8, 4) is 0 Å². The summed E-state index contributed by atoms with van der Waals surface area (Å²) >= 11 is 0. The minimum Gasteiger partial charge on any atom is -0.358 e. The van der Waals surface area contributed by atoms with Crippen LogP contribution < -0.4 is 20.7 Å². The number of aromatic nitrogens is 1. The highest BCUT2D eigenvalue weighted by atomic mass is 32.2. The summed E-state index contributed by atoms with van der Waals surface area (Å²) in [5.74, 6) is 0.257. The first-order valence-electron chi connectivity index (χ1n) is 8.29. The third-order valence-corrected chi connectivity index (χ3v) is 5.12. The Kier molecular flexibility index (Phi) is 5.42. The second-order valence-electron chi connectivity index (χ2n) is 6.21. The second-order valence-corrected chi connectivity index (χ2v) is 7.77. The summed E-state index contributed by atoms with van der Waals surface area (Å²) < 4.78 is 22.5. The zero-order valence-corrected chi connectivity index (χ0v) is 15.4. The Hall–Kier alpha value is -3.25. The molecule has 4 N–H and O–H groups in total. The van der Waals surface area contributed by atoms with Gasteiger partial charge < -0.3 is 25.6 Å². The molecule has 2 heterocycles. The standard InChI is InChI=1S/C16H18N6O5S/c17-28(26,27)13-6-4-11(5-7-13)18-16(23)19-12-8-9-21(10-12)14-2-1-3-15(20-14)22(24)25/h1-7,12H,8-10H2,(H2,17,26,27)(H2,18,19,23)/t12-/m0/s1. The molecule has 11 nitrogen and oxygen atoms in total. The molecule has 0 bridgehead atoms. The van der Waals surface area contributed by atoms with E-state index in [0.29, 0.717) is 31.0 Å². The zero-order chi connectivity index (χ0) is 20.3. The van der Waals surface area contributed by atoms with Crippen LogP contribution in [0.5, 0.6) is 0 Å². The van der Waals surface area contributed by atoms with Gasteiger partial charge in [-0.3, -0.25) is 0 Å². The van der Waals surface area contributed by atoms with E-state index in [2.05, 4.69) is 15.6 Å². The molecule has 3 rings (SSSR count). The van der Waals surface area contributed by atoms with Crippen molar-refractivity contribution in [2.75, 3.05) is 23.3 Å². The Morgan fingerprint density at radius 2 is 1.96 bits per heavy atom. The first-order valence-corrected chi connectivity index (χ1v) is 9.84. The lowest BCUT2D eigenvalue weighted by Gasteiger charge is -2.16. The number of anilines is 2. The van der Waals surface area contributed by atoms with Crippen LogP contribution in [0.25, 0.3) is 0 Å². The molecule has 1 atom stereocenters. The lowest BCUT2D eigenvalue weighted by molar-refractivity contribution is -0.389. The molecule has 28 heavy (non-hydrogen) atoms. The molecular weight excluding hydrogens is 388 g/mol. The van der Waals surface area contributed by atoms with Gasteiger partial charge in [0.25, 0.3) is 0 Å². The average Bonchev–Trinajstić information content (AvgIpc) is 3.10. The number of carbonyl (C=O) groups is 1. The van der Waals surface area contributed by atoms with Gasteiger partial charge in [-0.1, -0.05) is 0 Å². The maximum absolute atomic E-state index is 12.1. The van der Waals surface area contributed by atoms with E-state index >= 15 is 0 Å². The number of nitrogens with two attached hydrogens (primary N) is 1. The molecule has 0 spiro atoms. The van der Waals surface area contributed by atoms with Gasteiger partial charge in [0.2, 0.25) is 15.8 Å². The molecule has 148 valence electrons. The number of benzene rings is 1. The summed E-state index contributed by atoms with van der Waals surface area (Å²) in [5, 5.41) is 21.3. The van der Waals surface area contributed by atoms with Gasteiger partial charge in [-0.2, -0.15) is 0 Å². The smallest absolute Gasteiger partial charge is 0.358 e. The first kappa shape index (κ1) is 19.5. The van der Waals surface area contributed by atoms with Crippen LogP contribution in [0, 0.1) is 10.1 Å². The number of carbonyl (C=O) groups excluding carboxylic acids is 1. The number of urea groups is 1. The van der Waals surface area contributed by atoms with Crippen molar-refractivity contribution >= 4 is 33.4 Å². The summed E-state index contributed by atoms with van der Waals surface area (Å²) in [5.41, 5.74) is 0.417. The van der Waals surface area contributed by atoms with Crippen LogP contribution in [-0.2, 0) is 10.0 Å². The normalized spacial score (nSPS) is 16.6. The van der Waals surface area contributed by atoms with E-state index in [4.69, 9.17) is 5.14 Å². The number of hydrogen-bond donors (Lipinski definition) is 3. The molecule has 0 radical (unpaired) electrons. The van der Waals surface area contributed by atoms with Crippen LogP contribution in [0.1, 0.15) is 6.42 Å². The van der Waals surface area contributed by atoms with Gasteiger partial charge in [-0.05, 0) is 46.7 Å². The minimum absolute atomic E-state index is 0.0469. The summed E-state index contributed by atoms with van der Waals surface area (Å²) in [6.45, 7) is 1.06. The Balaban J connectivity index is 1.56. The SMILES string of the molecule is NS(=O)(=O)c1ccc(NC(=O)N[C@H]2CCN(c3cccc([N+](=O)[O-])n3)C2)cc1. The Morgan fingerprint density at radius 1 is 1.25 bits per heavy atom. The Bertz CT molecular complexity index is 995. The third-order valence-electron chi connectivity index (χ3n) is 4.19. The molecule has 0 aliphatic carbocycles. The van der Waals surface area contributed by atoms with E-state index < -0.39 is 21.0 Å². The third kappa shape index (κ3) is 4.72. The topological polar surface area (TPSA) is 161 Å².